The van der Waals surface area contributed by atoms with Gasteiger partial charge in [-0.05, 0) is 190 Å². The Bertz CT molecular complexity index is 4490. The van der Waals surface area contributed by atoms with Crippen molar-refractivity contribution in [2.45, 2.75) is 165 Å². The summed E-state index contributed by atoms with van der Waals surface area (Å²) in [5.41, 5.74) is 24.5. The highest BCUT2D eigenvalue weighted by Gasteiger charge is 2.41. The molecule has 472 valence electrons. The topological polar surface area (TPSA) is 231 Å². The molecule has 0 unspecified atom stereocenters. The Hall–Kier alpha value is -9.25. The number of H-pyrrole nitrogens is 4. The van der Waals surface area contributed by atoms with Crippen molar-refractivity contribution in [2.24, 2.45) is 0 Å². The van der Waals surface area contributed by atoms with Crippen molar-refractivity contribution >= 4 is 113 Å². The molecule has 2 atom stereocenters. The summed E-state index contributed by atoms with van der Waals surface area (Å²) < 4.78 is 15.6. The SMILES string of the molecule is CCCCCCN1C(=O)c2c3[nH]c(cc4nc(cc5nc(cc6[nH]c2c(c6C)C1=O)C(CC)=C5C/C=C/c1c(C)c2cc5nc(cc6[nH]c(cc7nc(cc1[nH]2)C(C)=C7CC)c(C)c6C(=O)OC)C(CCC(=O)OC)=C5C)C(CC)=C4C)[C@@H](C)[C@@H]3CCC(=O)OC. The lowest BCUT2D eigenvalue weighted by Gasteiger charge is -2.27. The first-order valence-corrected chi connectivity index (χ1v) is 32.2. The van der Waals surface area contributed by atoms with E-state index in [1.54, 1.807) is 0 Å². The second-order valence-corrected chi connectivity index (χ2v) is 24.6. The zero-order chi connectivity index (χ0) is 64.9. The van der Waals surface area contributed by atoms with Crippen molar-refractivity contribution in [1.82, 2.24) is 44.8 Å². The van der Waals surface area contributed by atoms with E-state index in [0.29, 0.717) is 88.0 Å². The lowest BCUT2D eigenvalue weighted by Crippen LogP contribution is -2.41. The summed E-state index contributed by atoms with van der Waals surface area (Å²) in [5.74, 6) is -2.27. The quantitative estimate of drug-likeness (QED) is 0.0278. The van der Waals surface area contributed by atoms with E-state index in [9.17, 15) is 19.2 Å². The Morgan fingerprint density at radius 2 is 1.07 bits per heavy atom. The Morgan fingerprint density at radius 3 is 1.71 bits per heavy atom. The maximum atomic E-state index is 15.2. The van der Waals surface area contributed by atoms with Crippen molar-refractivity contribution in [2.75, 3.05) is 27.9 Å². The van der Waals surface area contributed by atoms with Gasteiger partial charge in [-0.1, -0.05) is 66.0 Å². The Labute approximate surface area is 531 Å². The molecule has 11 rings (SSSR count). The van der Waals surface area contributed by atoms with Crippen LogP contribution in [0.5, 0.6) is 0 Å². The maximum Gasteiger partial charge on any atom is 0.340 e. The van der Waals surface area contributed by atoms with Gasteiger partial charge in [-0.2, -0.15) is 0 Å². The van der Waals surface area contributed by atoms with Gasteiger partial charge in [0, 0.05) is 70.2 Å². The molecule has 17 nitrogen and oxygen atoms in total. The van der Waals surface area contributed by atoms with Crippen LogP contribution in [-0.2, 0) is 23.8 Å². The third-order valence-corrected chi connectivity index (χ3v) is 19.5. The molecule has 0 saturated heterocycles. The van der Waals surface area contributed by atoms with E-state index in [1.807, 2.05) is 39.0 Å². The number of esters is 3. The first kappa shape index (κ1) is 63.3. The average Bonchev–Trinajstić information content (AvgIpc) is 1.63. The number of amides is 2. The summed E-state index contributed by atoms with van der Waals surface area (Å²) >= 11 is 0. The molecule has 0 radical (unpaired) electrons. The van der Waals surface area contributed by atoms with Gasteiger partial charge in [-0.25, -0.2) is 24.7 Å². The summed E-state index contributed by atoms with van der Waals surface area (Å²) in [4.78, 5) is 107. The van der Waals surface area contributed by atoms with Crippen LogP contribution in [0.3, 0.4) is 0 Å². The molecule has 0 aliphatic carbocycles. The lowest BCUT2D eigenvalue weighted by atomic mass is 9.84. The van der Waals surface area contributed by atoms with Crippen LogP contribution < -0.4 is 0 Å². The average molecular weight is 1230 g/mol. The van der Waals surface area contributed by atoms with E-state index in [2.05, 4.69) is 112 Å². The Balaban J connectivity index is 1.12. The number of hydrogen-bond acceptors (Lipinski definition) is 12. The van der Waals surface area contributed by atoms with E-state index in [0.717, 1.165) is 150 Å². The first-order chi connectivity index (χ1) is 43.8. The van der Waals surface area contributed by atoms with Crippen LogP contribution in [0.1, 0.15) is 255 Å². The number of fused-ring (bicyclic) bond motifs is 16. The number of carbonyl (C=O) groups is 5. The van der Waals surface area contributed by atoms with Gasteiger partial charge in [0.2, 0.25) is 0 Å². The van der Waals surface area contributed by atoms with Gasteiger partial charge in [-0.3, -0.25) is 24.1 Å². The number of hydrogen-bond donors (Lipinski definition) is 4. The van der Waals surface area contributed by atoms with Crippen molar-refractivity contribution in [1.29, 1.82) is 0 Å². The van der Waals surface area contributed by atoms with Crippen LogP contribution in [-0.4, -0.2) is 102 Å². The molecule has 0 saturated carbocycles. The number of aromatic nitrogens is 8. The standard InChI is InChI=1S/C74H83N9O8/c1-15-19-20-21-29-83-72(86)68-43(11)57-34-60-46(18-4)50(63(80-60)35-59-45(17-3)37(5)51(75-59)31-55-41(9)49(26-28-66(85)90-13)70(81-55)69(73(83)87)71(68)82-57)24-22-23-47-39(7)52-30-53-40(8)48(25-27-65(84)89-12)62(78-53)36-64-67(74(88)91-14)42(10)56(79-64)33-58-44(16-2)38(6)54(76-58)32-61(47)77-52/h22-23,30-36,41,49,77,79,81-82H,15-21,24-29H2,1-14H3/b23-22+,52-30?,53-30?,54-32?,55-31?,56-33?,58-33?,59-35?,60-34?,61-32?,62-36?,64-36?,70-69?/t41-,49-/m0/s1. The van der Waals surface area contributed by atoms with Crippen molar-refractivity contribution in [3.05, 3.63) is 144 Å². The molecule has 0 fully saturated rings. The second kappa shape index (κ2) is 25.9. The monoisotopic (exact) mass is 1230 g/mol. The molecule has 5 aromatic heterocycles. The number of allylic oxidation sites excluding steroid dienone is 9. The molecule has 6 aliphatic rings. The third kappa shape index (κ3) is 11.5. The molecule has 16 bridgehead atoms. The molecule has 0 aromatic carbocycles. The molecule has 6 aliphatic heterocycles. The number of nitrogens with one attached hydrogen (secondary N) is 4. The fourth-order valence-electron chi connectivity index (χ4n) is 14.1. The molecule has 17 heteroatoms. The molecule has 5 aromatic rings. The highest BCUT2D eigenvalue weighted by molar-refractivity contribution is 6.23. The zero-order valence-corrected chi connectivity index (χ0v) is 55.0. The van der Waals surface area contributed by atoms with E-state index in [4.69, 9.17) is 34.1 Å². The normalized spacial score (nSPS) is 16.1. The minimum absolute atomic E-state index is 0.141. The highest BCUT2D eigenvalue weighted by atomic mass is 16.5. The van der Waals surface area contributed by atoms with Crippen LogP contribution in [0.2, 0.25) is 0 Å². The van der Waals surface area contributed by atoms with Crippen LogP contribution >= 0.6 is 0 Å². The molecular weight excluding hydrogens is 1140 g/mol. The predicted octanol–water partition coefficient (Wildman–Crippen LogP) is 16.4. The summed E-state index contributed by atoms with van der Waals surface area (Å²) in [6.07, 6.45) is 11.6. The summed E-state index contributed by atoms with van der Waals surface area (Å²) in [7, 11) is 4.15. The third-order valence-electron chi connectivity index (χ3n) is 19.5. The fraction of sp³-hybridized carbons (Fsp3) is 0.392. The summed E-state index contributed by atoms with van der Waals surface area (Å²) in [6.45, 7) is 23.1. The van der Waals surface area contributed by atoms with Gasteiger partial charge in [-0.15, -0.1) is 0 Å². The van der Waals surface area contributed by atoms with Crippen LogP contribution in [0, 0.1) is 20.8 Å². The molecule has 2 amide bonds. The summed E-state index contributed by atoms with van der Waals surface area (Å²) in [5, 5.41) is 0. The largest absolute Gasteiger partial charge is 0.469 e. The molecule has 4 N–H and O–H groups in total. The number of rotatable bonds is 18. The van der Waals surface area contributed by atoms with E-state index in [-0.39, 0.29) is 55.0 Å². The van der Waals surface area contributed by atoms with Crippen molar-refractivity contribution < 1.29 is 38.2 Å². The number of aromatic amines is 4. The van der Waals surface area contributed by atoms with Gasteiger partial charge in [0.05, 0.1) is 94.6 Å². The zero-order valence-electron chi connectivity index (χ0n) is 55.0. The van der Waals surface area contributed by atoms with E-state index >= 15 is 4.79 Å². The minimum Gasteiger partial charge on any atom is -0.469 e. The van der Waals surface area contributed by atoms with Crippen LogP contribution in [0.25, 0.3) is 83.8 Å². The number of methoxy groups -OCH3 is 3. The maximum absolute atomic E-state index is 15.2. The van der Waals surface area contributed by atoms with Crippen molar-refractivity contribution in [3.63, 3.8) is 0 Å². The fourth-order valence-corrected chi connectivity index (χ4v) is 14.1. The number of unbranched alkanes of at least 4 members (excludes halogenated alkanes) is 3. The lowest BCUT2D eigenvalue weighted by molar-refractivity contribution is -0.141. The molecular formula is C74H83N9O8. The van der Waals surface area contributed by atoms with Crippen LogP contribution in [0.4, 0.5) is 0 Å². The number of ether oxygens (including phenoxy) is 3. The predicted molar refractivity (Wildman–Crippen MR) is 361 cm³/mol. The minimum atomic E-state index is -0.481. The van der Waals surface area contributed by atoms with Crippen LogP contribution in [0.15, 0.2) is 48.5 Å². The number of carbonyl (C=O) groups excluding carboxylic acids is 5. The number of nitrogens with zero attached hydrogens (tertiary/aromatic N) is 5. The van der Waals surface area contributed by atoms with E-state index < -0.39 is 5.97 Å². The van der Waals surface area contributed by atoms with Gasteiger partial charge in [0.15, 0.2) is 0 Å². The highest BCUT2D eigenvalue weighted by Crippen LogP contribution is 2.46. The van der Waals surface area contributed by atoms with Gasteiger partial charge >= 0.3 is 17.9 Å². The molecule has 0 spiro atoms. The van der Waals surface area contributed by atoms with Gasteiger partial charge in [0.1, 0.15) is 0 Å². The second-order valence-electron chi connectivity index (χ2n) is 24.6. The molecule has 11 heterocycles. The van der Waals surface area contributed by atoms with Gasteiger partial charge in [0.25, 0.3) is 11.8 Å². The number of aryl methyl sites for hydroxylation is 3. The first-order valence-electron chi connectivity index (χ1n) is 32.2. The van der Waals surface area contributed by atoms with Gasteiger partial charge < -0.3 is 34.1 Å². The number of imide groups is 1. The Morgan fingerprint density at radius 1 is 0.538 bits per heavy atom. The molecule has 91 heavy (non-hydrogen) atoms. The van der Waals surface area contributed by atoms with E-state index in [1.165, 1.54) is 26.2 Å². The Kier molecular flexibility index (Phi) is 18.0. The summed E-state index contributed by atoms with van der Waals surface area (Å²) in [6, 6.07) is 14.3. The van der Waals surface area contributed by atoms with Crippen molar-refractivity contribution in [3.8, 4) is 0 Å². The smallest absolute Gasteiger partial charge is 0.340 e.